The van der Waals surface area contributed by atoms with Gasteiger partial charge in [0.2, 0.25) is 0 Å². The Morgan fingerprint density at radius 3 is 2.50 bits per heavy atom. The van der Waals surface area contributed by atoms with E-state index in [0.717, 1.165) is 23.3 Å². The summed E-state index contributed by atoms with van der Waals surface area (Å²) in [6.07, 6.45) is 0.738. The summed E-state index contributed by atoms with van der Waals surface area (Å²) in [5.41, 5.74) is 7.98. The van der Waals surface area contributed by atoms with E-state index in [-0.39, 0.29) is 11.7 Å². The first-order valence-electron chi connectivity index (χ1n) is 6.90. The van der Waals surface area contributed by atoms with Crippen LogP contribution in [0.1, 0.15) is 24.0 Å². The second-order valence-corrected chi connectivity index (χ2v) is 4.77. The van der Waals surface area contributed by atoms with Crippen molar-refractivity contribution in [2.24, 2.45) is 5.73 Å². The number of ether oxygens (including phenoxy) is 1. The lowest BCUT2D eigenvalue weighted by molar-refractivity contribution is 0.340. The molecule has 2 aromatic carbocycles. The highest BCUT2D eigenvalue weighted by molar-refractivity contribution is 5.31. The SMILES string of the molecule is CCOc1ccc(C(CN)Cc2cccc(F)c2)cc1. The number of hydrogen-bond acceptors (Lipinski definition) is 2. The largest absolute Gasteiger partial charge is 0.494 e. The molecule has 0 heterocycles. The van der Waals surface area contributed by atoms with Crippen molar-refractivity contribution in [2.45, 2.75) is 19.3 Å². The zero-order valence-electron chi connectivity index (χ0n) is 11.7. The van der Waals surface area contributed by atoms with Crippen molar-refractivity contribution >= 4 is 0 Å². The standard InChI is InChI=1S/C17H20FNO/c1-2-20-17-8-6-14(7-9-17)15(12-19)10-13-4-3-5-16(18)11-13/h3-9,11,15H,2,10,12,19H2,1H3. The Hall–Kier alpha value is -1.87. The Bertz CT molecular complexity index is 539. The first kappa shape index (κ1) is 14.5. The number of nitrogens with two attached hydrogens (primary N) is 1. The van der Waals surface area contributed by atoms with E-state index >= 15 is 0 Å². The molecule has 0 amide bonds. The highest BCUT2D eigenvalue weighted by Gasteiger charge is 2.11. The number of rotatable bonds is 6. The maximum atomic E-state index is 13.2. The van der Waals surface area contributed by atoms with Crippen LogP contribution in [0.5, 0.6) is 5.75 Å². The first-order valence-corrected chi connectivity index (χ1v) is 6.90. The van der Waals surface area contributed by atoms with E-state index in [9.17, 15) is 4.39 Å². The van der Waals surface area contributed by atoms with Gasteiger partial charge in [0, 0.05) is 5.92 Å². The van der Waals surface area contributed by atoms with Crippen molar-refractivity contribution in [2.75, 3.05) is 13.2 Å². The Balaban J connectivity index is 2.11. The van der Waals surface area contributed by atoms with Crippen molar-refractivity contribution in [3.8, 4) is 5.75 Å². The molecule has 0 radical (unpaired) electrons. The van der Waals surface area contributed by atoms with Crippen LogP contribution in [0.4, 0.5) is 4.39 Å². The van der Waals surface area contributed by atoms with E-state index in [1.54, 1.807) is 12.1 Å². The van der Waals surface area contributed by atoms with Gasteiger partial charge in [0.05, 0.1) is 6.61 Å². The van der Waals surface area contributed by atoms with Crippen molar-refractivity contribution in [1.82, 2.24) is 0 Å². The fraction of sp³-hybridized carbons (Fsp3) is 0.294. The molecule has 0 saturated heterocycles. The fourth-order valence-electron chi connectivity index (χ4n) is 2.29. The van der Waals surface area contributed by atoms with Crippen molar-refractivity contribution in [1.29, 1.82) is 0 Å². The topological polar surface area (TPSA) is 35.2 Å². The molecule has 2 nitrogen and oxygen atoms in total. The molecule has 0 bridgehead atoms. The maximum absolute atomic E-state index is 13.2. The molecule has 2 N–H and O–H groups in total. The Labute approximate surface area is 119 Å². The van der Waals surface area contributed by atoms with Crippen LogP contribution in [0.2, 0.25) is 0 Å². The van der Waals surface area contributed by atoms with Gasteiger partial charge in [-0.3, -0.25) is 0 Å². The van der Waals surface area contributed by atoms with Gasteiger partial charge in [-0.15, -0.1) is 0 Å². The summed E-state index contributed by atoms with van der Waals surface area (Å²) in [5.74, 6) is 0.843. The summed E-state index contributed by atoms with van der Waals surface area (Å²) in [5, 5.41) is 0. The van der Waals surface area contributed by atoms with Gasteiger partial charge >= 0.3 is 0 Å². The molecule has 0 spiro atoms. The summed E-state index contributed by atoms with van der Waals surface area (Å²) in [6.45, 7) is 3.15. The molecule has 2 aromatic rings. The Morgan fingerprint density at radius 1 is 1.15 bits per heavy atom. The first-order chi connectivity index (χ1) is 9.72. The van der Waals surface area contributed by atoms with Crippen molar-refractivity contribution in [3.05, 3.63) is 65.5 Å². The number of halogens is 1. The third-order valence-corrected chi connectivity index (χ3v) is 3.32. The lowest BCUT2D eigenvalue weighted by Gasteiger charge is -2.16. The molecule has 0 fully saturated rings. The highest BCUT2D eigenvalue weighted by Crippen LogP contribution is 2.23. The molecule has 1 atom stereocenters. The van der Waals surface area contributed by atoms with Gasteiger partial charge in [-0.25, -0.2) is 4.39 Å². The molecular weight excluding hydrogens is 253 g/mol. The van der Waals surface area contributed by atoms with Crippen LogP contribution in [0.3, 0.4) is 0 Å². The molecule has 0 aliphatic heterocycles. The van der Waals surface area contributed by atoms with E-state index in [1.807, 2.05) is 37.3 Å². The zero-order valence-corrected chi connectivity index (χ0v) is 11.7. The van der Waals surface area contributed by atoms with Crippen LogP contribution >= 0.6 is 0 Å². The second-order valence-electron chi connectivity index (χ2n) is 4.77. The third-order valence-electron chi connectivity index (χ3n) is 3.32. The van der Waals surface area contributed by atoms with Crippen molar-refractivity contribution < 1.29 is 9.13 Å². The van der Waals surface area contributed by atoms with Crippen LogP contribution in [0.15, 0.2) is 48.5 Å². The molecular formula is C17H20FNO. The average Bonchev–Trinajstić information content (AvgIpc) is 2.46. The van der Waals surface area contributed by atoms with Gasteiger partial charge in [0.1, 0.15) is 11.6 Å². The average molecular weight is 273 g/mol. The lowest BCUT2D eigenvalue weighted by Crippen LogP contribution is -2.15. The minimum atomic E-state index is -0.204. The lowest BCUT2D eigenvalue weighted by atomic mass is 9.92. The van der Waals surface area contributed by atoms with Crippen LogP contribution in [0, 0.1) is 5.82 Å². The van der Waals surface area contributed by atoms with Crippen LogP contribution in [-0.4, -0.2) is 13.2 Å². The molecule has 0 aliphatic rings. The van der Waals surface area contributed by atoms with Gasteiger partial charge in [0.25, 0.3) is 0 Å². The monoisotopic (exact) mass is 273 g/mol. The summed E-state index contributed by atoms with van der Waals surface area (Å²) >= 11 is 0. The number of hydrogen-bond donors (Lipinski definition) is 1. The van der Waals surface area contributed by atoms with Gasteiger partial charge < -0.3 is 10.5 Å². The number of benzene rings is 2. The third kappa shape index (κ3) is 3.81. The van der Waals surface area contributed by atoms with Gasteiger partial charge in [-0.05, 0) is 55.3 Å². The predicted molar refractivity (Wildman–Crippen MR) is 79.5 cm³/mol. The molecule has 2 rings (SSSR count). The Kier molecular flexibility index (Phi) is 5.13. The predicted octanol–water partition coefficient (Wildman–Crippen LogP) is 3.51. The summed E-state index contributed by atoms with van der Waals surface area (Å²) in [4.78, 5) is 0. The molecule has 20 heavy (non-hydrogen) atoms. The van der Waals surface area contributed by atoms with Crippen molar-refractivity contribution in [3.63, 3.8) is 0 Å². The molecule has 0 saturated carbocycles. The van der Waals surface area contributed by atoms with E-state index < -0.39 is 0 Å². The zero-order chi connectivity index (χ0) is 14.4. The van der Waals surface area contributed by atoms with Crippen LogP contribution in [0.25, 0.3) is 0 Å². The summed E-state index contributed by atoms with van der Waals surface area (Å²) in [6, 6.07) is 14.6. The minimum absolute atomic E-state index is 0.187. The molecule has 0 aliphatic carbocycles. The van der Waals surface area contributed by atoms with E-state index in [0.29, 0.717) is 13.2 Å². The van der Waals surface area contributed by atoms with E-state index in [4.69, 9.17) is 10.5 Å². The minimum Gasteiger partial charge on any atom is -0.494 e. The van der Waals surface area contributed by atoms with E-state index in [2.05, 4.69) is 0 Å². The highest BCUT2D eigenvalue weighted by atomic mass is 19.1. The Morgan fingerprint density at radius 2 is 1.90 bits per heavy atom. The van der Waals surface area contributed by atoms with Crippen LogP contribution in [-0.2, 0) is 6.42 Å². The second kappa shape index (κ2) is 7.06. The maximum Gasteiger partial charge on any atom is 0.123 e. The van der Waals surface area contributed by atoms with Crippen LogP contribution < -0.4 is 10.5 Å². The normalized spacial score (nSPS) is 12.2. The van der Waals surface area contributed by atoms with Gasteiger partial charge in [-0.1, -0.05) is 24.3 Å². The fourth-order valence-corrected chi connectivity index (χ4v) is 2.29. The quantitative estimate of drug-likeness (QED) is 0.874. The van der Waals surface area contributed by atoms with Gasteiger partial charge in [0.15, 0.2) is 0 Å². The van der Waals surface area contributed by atoms with Gasteiger partial charge in [-0.2, -0.15) is 0 Å². The van der Waals surface area contributed by atoms with E-state index in [1.165, 1.54) is 6.07 Å². The summed E-state index contributed by atoms with van der Waals surface area (Å²) < 4.78 is 18.6. The summed E-state index contributed by atoms with van der Waals surface area (Å²) in [7, 11) is 0. The smallest absolute Gasteiger partial charge is 0.123 e. The molecule has 3 heteroatoms. The molecule has 1 unspecified atom stereocenters. The molecule has 0 aromatic heterocycles. The molecule has 106 valence electrons.